The van der Waals surface area contributed by atoms with E-state index in [2.05, 4.69) is 53.8 Å². The highest BCUT2D eigenvalue weighted by atomic mass is 15.0. The van der Waals surface area contributed by atoms with Crippen molar-refractivity contribution >= 4 is 10.9 Å². The molecule has 2 nitrogen and oxygen atoms in total. The molecule has 0 radical (unpaired) electrons. The second-order valence-electron chi connectivity index (χ2n) is 5.73. The van der Waals surface area contributed by atoms with Crippen LogP contribution < -0.4 is 5.32 Å². The molecule has 20 heavy (non-hydrogen) atoms. The van der Waals surface area contributed by atoms with Gasteiger partial charge in [0.05, 0.1) is 6.54 Å². The lowest BCUT2D eigenvalue weighted by atomic mass is 10.1. The van der Waals surface area contributed by atoms with Gasteiger partial charge in [-0.05, 0) is 56.9 Å². The predicted octanol–water partition coefficient (Wildman–Crippen LogP) is 3.53. The third kappa shape index (κ3) is 2.46. The van der Waals surface area contributed by atoms with Crippen LogP contribution in [0.5, 0.6) is 0 Å². The molecule has 1 saturated carbocycles. The predicted molar refractivity (Wildman–Crippen MR) is 84.7 cm³/mol. The van der Waals surface area contributed by atoms with Crippen LogP contribution in [0.1, 0.15) is 36.6 Å². The summed E-state index contributed by atoms with van der Waals surface area (Å²) in [5, 5.41) is 4.95. The SMILES string of the molecule is CC#CCn1c(C)c(C)c2cc(CNC3CC3)ccc21. The molecule has 1 N–H and O–H groups in total. The van der Waals surface area contributed by atoms with Gasteiger partial charge in [0, 0.05) is 29.2 Å². The molecule has 0 amide bonds. The fourth-order valence-electron chi connectivity index (χ4n) is 2.72. The summed E-state index contributed by atoms with van der Waals surface area (Å²) in [4.78, 5) is 0. The molecule has 0 bridgehead atoms. The Hall–Kier alpha value is -1.72. The molecule has 0 saturated heterocycles. The highest BCUT2D eigenvalue weighted by Crippen LogP contribution is 2.26. The zero-order valence-electron chi connectivity index (χ0n) is 12.6. The number of hydrogen-bond donors (Lipinski definition) is 1. The largest absolute Gasteiger partial charge is 0.333 e. The van der Waals surface area contributed by atoms with Crippen molar-refractivity contribution in [1.82, 2.24) is 9.88 Å². The van der Waals surface area contributed by atoms with Gasteiger partial charge in [-0.25, -0.2) is 0 Å². The molecule has 1 aromatic heterocycles. The standard InChI is InChI=1S/C18H22N2/c1-4-5-10-20-14(3)13(2)17-11-15(6-9-18(17)20)12-19-16-7-8-16/h6,9,11,16,19H,7-8,10,12H2,1-3H3. The number of aromatic nitrogens is 1. The van der Waals surface area contributed by atoms with Crippen LogP contribution >= 0.6 is 0 Å². The monoisotopic (exact) mass is 266 g/mol. The average Bonchev–Trinajstić information content (AvgIpc) is 3.25. The Labute approximate surface area is 121 Å². The molecular formula is C18H22N2. The van der Waals surface area contributed by atoms with Gasteiger partial charge in [-0.3, -0.25) is 0 Å². The van der Waals surface area contributed by atoms with Crippen molar-refractivity contribution in [2.45, 2.75) is 52.7 Å². The van der Waals surface area contributed by atoms with Gasteiger partial charge in [-0.1, -0.05) is 12.0 Å². The van der Waals surface area contributed by atoms with E-state index in [1.54, 1.807) is 0 Å². The zero-order chi connectivity index (χ0) is 14.1. The minimum absolute atomic E-state index is 0.762. The summed E-state index contributed by atoms with van der Waals surface area (Å²) in [6, 6.07) is 7.59. The van der Waals surface area contributed by atoms with Crippen molar-refractivity contribution in [1.29, 1.82) is 0 Å². The van der Waals surface area contributed by atoms with Gasteiger partial charge in [-0.15, -0.1) is 5.92 Å². The first kappa shape index (κ1) is 13.3. The van der Waals surface area contributed by atoms with Gasteiger partial charge in [0.1, 0.15) is 0 Å². The summed E-state index contributed by atoms with van der Waals surface area (Å²) >= 11 is 0. The fourth-order valence-corrected chi connectivity index (χ4v) is 2.72. The van der Waals surface area contributed by atoms with Gasteiger partial charge >= 0.3 is 0 Å². The maximum absolute atomic E-state index is 3.58. The van der Waals surface area contributed by atoms with Crippen LogP contribution in [0, 0.1) is 25.7 Å². The number of hydrogen-bond acceptors (Lipinski definition) is 1. The summed E-state index contributed by atoms with van der Waals surface area (Å²) in [6.45, 7) is 8.07. The highest BCUT2D eigenvalue weighted by Gasteiger charge is 2.20. The van der Waals surface area contributed by atoms with Crippen molar-refractivity contribution in [3.8, 4) is 11.8 Å². The van der Waals surface area contributed by atoms with Crippen molar-refractivity contribution in [3.05, 3.63) is 35.0 Å². The maximum atomic E-state index is 3.58. The molecule has 0 aliphatic heterocycles. The topological polar surface area (TPSA) is 17.0 Å². The van der Waals surface area contributed by atoms with E-state index in [-0.39, 0.29) is 0 Å². The number of nitrogens with one attached hydrogen (secondary N) is 1. The smallest absolute Gasteiger partial charge is 0.0840 e. The van der Waals surface area contributed by atoms with Crippen LogP contribution in [0.4, 0.5) is 0 Å². The van der Waals surface area contributed by atoms with E-state index in [0.29, 0.717) is 0 Å². The first-order chi connectivity index (χ1) is 9.70. The lowest BCUT2D eigenvalue weighted by Crippen LogP contribution is -2.15. The molecule has 2 aromatic rings. The summed E-state index contributed by atoms with van der Waals surface area (Å²) in [6.07, 6.45) is 2.68. The third-order valence-electron chi connectivity index (χ3n) is 4.29. The molecule has 1 aliphatic rings. The molecule has 3 rings (SSSR count). The van der Waals surface area contributed by atoms with E-state index < -0.39 is 0 Å². The normalized spacial score (nSPS) is 14.3. The van der Waals surface area contributed by atoms with Gasteiger partial charge < -0.3 is 9.88 Å². The van der Waals surface area contributed by atoms with Gasteiger partial charge in [0.2, 0.25) is 0 Å². The van der Waals surface area contributed by atoms with Gasteiger partial charge in [0.15, 0.2) is 0 Å². The third-order valence-corrected chi connectivity index (χ3v) is 4.29. The zero-order valence-corrected chi connectivity index (χ0v) is 12.6. The van der Waals surface area contributed by atoms with Crippen LogP contribution in [0.25, 0.3) is 10.9 Å². The van der Waals surface area contributed by atoms with Gasteiger partial charge in [-0.2, -0.15) is 0 Å². The highest BCUT2D eigenvalue weighted by molar-refractivity contribution is 5.86. The number of nitrogens with zero attached hydrogens (tertiary/aromatic N) is 1. The van der Waals surface area contributed by atoms with Crippen LogP contribution in [0.15, 0.2) is 18.2 Å². The second-order valence-corrected chi connectivity index (χ2v) is 5.73. The van der Waals surface area contributed by atoms with E-state index in [0.717, 1.165) is 19.1 Å². The van der Waals surface area contributed by atoms with E-state index in [4.69, 9.17) is 0 Å². The quantitative estimate of drug-likeness (QED) is 0.838. The average molecular weight is 266 g/mol. The Morgan fingerprint density at radius 1 is 1.30 bits per heavy atom. The lowest BCUT2D eigenvalue weighted by molar-refractivity contribution is 0.688. The molecule has 2 heteroatoms. The van der Waals surface area contributed by atoms with Crippen molar-refractivity contribution < 1.29 is 0 Å². The van der Waals surface area contributed by atoms with Crippen LogP contribution in [0.2, 0.25) is 0 Å². The first-order valence-corrected chi connectivity index (χ1v) is 7.42. The van der Waals surface area contributed by atoms with Crippen LogP contribution in [0.3, 0.4) is 0 Å². The van der Waals surface area contributed by atoms with Gasteiger partial charge in [0.25, 0.3) is 0 Å². The Morgan fingerprint density at radius 3 is 2.80 bits per heavy atom. The van der Waals surface area contributed by atoms with Crippen LogP contribution in [-0.2, 0) is 13.1 Å². The number of rotatable bonds is 4. The minimum atomic E-state index is 0.762. The Kier molecular flexibility index (Phi) is 3.54. The fraction of sp³-hybridized carbons (Fsp3) is 0.444. The molecule has 1 aromatic carbocycles. The number of benzene rings is 1. The van der Waals surface area contributed by atoms with E-state index in [9.17, 15) is 0 Å². The first-order valence-electron chi connectivity index (χ1n) is 7.42. The lowest BCUT2D eigenvalue weighted by Gasteiger charge is -2.05. The molecule has 0 unspecified atom stereocenters. The van der Waals surface area contributed by atoms with E-state index >= 15 is 0 Å². The summed E-state index contributed by atoms with van der Waals surface area (Å²) in [5.74, 6) is 6.16. The Morgan fingerprint density at radius 2 is 2.10 bits per heavy atom. The Bertz CT molecular complexity index is 694. The summed E-state index contributed by atoms with van der Waals surface area (Å²) < 4.78 is 2.32. The molecule has 1 aliphatic carbocycles. The molecule has 0 atom stereocenters. The number of fused-ring (bicyclic) bond motifs is 1. The van der Waals surface area contributed by atoms with Crippen molar-refractivity contribution in [2.75, 3.05) is 0 Å². The molecule has 1 heterocycles. The summed E-state index contributed by atoms with van der Waals surface area (Å²) in [7, 11) is 0. The van der Waals surface area contributed by atoms with Crippen molar-refractivity contribution in [3.63, 3.8) is 0 Å². The molecule has 0 spiro atoms. The van der Waals surface area contributed by atoms with E-state index in [1.165, 1.54) is 40.6 Å². The molecule has 104 valence electrons. The second kappa shape index (κ2) is 5.34. The number of aryl methyl sites for hydroxylation is 1. The molecule has 1 fully saturated rings. The van der Waals surface area contributed by atoms with Crippen LogP contribution in [-0.4, -0.2) is 10.6 Å². The maximum Gasteiger partial charge on any atom is 0.0840 e. The molecular weight excluding hydrogens is 244 g/mol. The summed E-state index contributed by atoms with van der Waals surface area (Å²) in [5.41, 5.74) is 5.39. The minimum Gasteiger partial charge on any atom is -0.333 e. The Balaban J connectivity index is 1.95. The van der Waals surface area contributed by atoms with E-state index in [1.807, 2.05) is 6.92 Å². The van der Waals surface area contributed by atoms with Crippen molar-refractivity contribution in [2.24, 2.45) is 0 Å².